The maximum absolute atomic E-state index is 12.9. The molecule has 1 fully saturated rings. The van der Waals surface area contributed by atoms with Crippen molar-refractivity contribution < 1.29 is 23.1 Å². The number of benzene rings is 1. The van der Waals surface area contributed by atoms with Crippen molar-refractivity contribution in [1.82, 2.24) is 9.62 Å². The van der Waals surface area contributed by atoms with E-state index in [0.717, 1.165) is 19.3 Å². The molecule has 0 spiro atoms. The number of aryl methyl sites for hydroxylation is 1. The highest BCUT2D eigenvalue weighted by atomic mass is 32.2. The summed E-state index contributed by atoms with van der Waals surface area (Å²) >= 11 is 0. The topological polar surface area (TPSA) is 104 Å². The fourth-order valence-corrected chi connectivity index (χ4v) is 4.44. The van der Waals surface area contributed by atoms with Crippen molar-refractivity contribution >= 4 is 21.9 Å². The van der Waals surface area contributed by atoms with Crippen LogP contribution in [0, 0.1) is 6.92 Å². The van der Waals surface area contributed by atoms with Crippen LogP contribution in [0.5, 0.6) is 0 Å². The van der Waals surface area contributed by atoms with Crippen LogP contribution in [0.4, 0.5) is 0 Å². The van der Waals surface area contributed by atoms with E-state index in [4.69, 9.17) is 5.11 Å². The highest BCUT2D eigenvalue weighted by molar-refractivity contribution is 7.89. The Morgan fingerprint density at radius 3 is 2.32 bits per heavy atom. The molecule has 0 radical (unpaired) electrons. The van der Waals surface area contributed by atoms with Gasteiger partial charge in [-0.05, 0) is 51.3 Å². The number of carboxylic acid groups (broad SMARTS) is 1. The zero-order chi connectivity index (χ0) is 18.8. The molecule has 25 heavy (non-hydrogen) atoms. The van der Waals surface area contributed by atoms with Gasteiger partial charge in [0.05, 0.1) is 4.90 Å². The molecule has 7 nitrogen and oxygen atoms in total. The lowest BCUT2D eigenvalue weighted by Crippen LogP contribution is -2.49. The van der Waals surface area contributed by atoms with Crippen LogP contribution in [0.2, 0.25) is 0 Å². The predicted octanol–water partition coefficient (Wildman–Crippen LogP) is 1.76. The van der Waals surface area contributed by atoms with Crippen LogP contribution in [0.15, 0.2) is 23.1 Å². The number of carbonyl (C=O) groups excluding carboxylic acids is 1. The first-order chi connectivity index (χ1) is 11.6. The molecule has 2 rings (SSSR count). The fourth-order valence-electron chi connectivity index (χ4n) is 2.67. The number of nitrogens with zero attached hydrogens (tertiary/aromatic N) is 1. The first-order valence-electron chi connectivity index (χ1n) is 8.22. The van der Waals surface area contributed by atoms with Gasteiger partial charge in [-0.1, -0.05) is 12.5 Å². The average Bonchev–Trinajstić information content (AvgIpc) is 2.55. The van der Waals surface area contributed by atoms with Gasteiger partial charge in [0, 0.05) is 18.7 Å². The molecule has 1 aliphatic rings. The van der Waals surface area contributed by atoms with E-state index in [-0.39, 0.29) is 10.5 Å². The zero-order valence-corrected chi connectivity index (χ0v) is 15.5. The van der Waals surface area contributed by atoms with Crippen molar-refractivity contribution in [2.75, 3.05) is 13.1 Å². The molecule has 0 unspecified atom stereocenters. The molecule has 1 saturated heterocycles. The van der Waals surface area contributed by atoms with E-state index >= 15 is 0 Å². The number of rotatable bonds is 5. The lowest BCUT2D eigenvalue weighted by Gasteiger charge is -2.27. The monoisotopic (exact) mass is 368 g/mol. The third kappa shape index (κ3) is 4.19. The smallest absolute Gasteiger partial charge is 0.328 e. The van der Waals surface area contributed by atoms with Gasteiger partial charge in [0.2, 0.25) is 10.0 Å². The van der Waals surface area contributed by atoms with Gasteiger partial charge in [0.15, 0.2) is 0 Å². The van der Waals surface area contributed by atoms with Gasteiger partial charge >= 0.3 is 5.97 Å². The van der Waals surface area contributed by atoms with Crippen molar-refractivity contribution in [1.29, 1.82) is 0 Å². The summed E-state index contributed by atoms with van der Waals surface area (Å²) in [5, 5.41) is 11.5. The molecule has 0 bridgehead atoms. The van der Waals surface area contributed by atoms with Gasteiger partial charge in [0.25, 0.3) is 5.91 Å². The molecule has 138 valence electrons. The normalized spacial score (nSPS) is 16.4. The predicted molar refractivity (Wildman–Crippen MR) is 93.0 cm³/mol. The third-order valence-electron chi connectivity index (χ3n) is 4.34. The van der Waals surface area contributed by atoms with E-state index in [2.05, 4.69) is 5.32 Å². The zero-order valence-electron chi connectivity index (χ0n) is 14.7. The van der Waals surface area contributed by atoms with Gasteiger partial charge in [-0.15, -0.1) is 0 Å². The van der Waals surface area contributed by atoms with Gasteiger partial charge in [-0.2, -0.15) is 4.31 Å². The summed E-state index contributed by atoms with van der Waals surface area (Å²) in [5.41, 5.74) is -0.774. The van der Waals surface area contributed by atoms with E-state index < -0.39 is 27.4 Å². The number of aliphatic carboxylic acids is 1. The van der Waals surface area contributed by atoms with Crippen LogP contribution in [0.3, 0.4) is 0 Å². The molecule has 0 atom stereocenters. The molecule has 0 aromatic heterocycles. The lowest BCUT2D eigenvalue weighted by molar-refractivity contribution is -0.143. The van der Waals surface area contributed by atoms with Crippen LogP contribution in [-0.4, -0.2) is 48.3 Å². The van der Waals surface area contributed by atoms with Crippen LogP contribution in [-0.2, 0) is 14.8 Å². The summed E-state index contributed by atoms with van der Waals surface area (Å²) in [5.74, 6) is -1.79. The second-order valence-corrected chi connectivity index (χ2v) is 8.74. The number of sulfonamides is 1. The molecule has 1 amide bonds. The minimum atomic E-state index is -3.67. The summed E-state index contributed by atoms with van der Waals surface area (Å²) in [6.07, 6.45) is 2.66. The number of carboxylic acids is 1. The standard InChI is InChI=1S/C17H24N2O5S/c1-12-7-8-13(15(20)18-17(2,3)16(21)22)11-14(12)25(23,24)19-9-5-4-6-10-19/h7-8,11H,4-6,9-10H2,1-3H3,(H,18,20)(H,21,22). The maximum Gasteiger partial charge on any atom is 0.328 e. The molecule has 2 N–H and O–H groups in total. The number of piperidine rings is 1. The van der Waals surface area contributed by atoms with E-state index in [1.807, 2.05) is 0 Å². The highest BCUT2D eigenvalue weighted by Crippen LogP contribution is 2.24. The summed E-state index contributed by atoms with van der Waals surface area (Å²) in [6.45, 7) is 5.37. The van der Waals surface area contributed by atoms with Gasteiger partial charge < -0.3 is 10.4 Å². The maximum atomic E-state index is 12.9. The molecule has 8 heteroatoms. The SMILES string of the molecule is Cc1ccc(C(=O)NC(C)(C)C(=O)O)cc1S(=O)(=O)N1CCCCC1. The Bertz CT molecular complexity index is 780. The fraction of sp³-hybridized carbons (Fsp3) is 0.529. The van der Waals surface area contributed by atoms with Crippen LogP contribution < -0.4 is 5.32 Å². The highest BCUT2D eigenvalue weighted by Gasteiger charge is 2.31. The van der Waals surface area contributed by atoms with E-state index in [1.165, 1.54) is 30.3 Å². The molecule has 1 aromatic carbocycles. The largest absolute Gasteiger partial charge is 0.480 e. The second-order valence-electron chi connectivity index (χ2n) is 6.83. The van der Waals surface area contributed by atoms with Crippen LogP contribution >= 0.6 is 0 Å². The molecule has 1 heterocycles. The Hall–Kier alpha value is -1.93. The minimum Gasteiger partial charge on any atom is -0.480 e. The molecule has 0 aliphatic carbocycles. The Balaban J connectivity index is 2.34. The average molecular weight is 368 g/mol. The van der Waals surface area contributed by atoms with Gasteiger partial charge in [-0.25, -0.2) is 13.2 Å². The van der Waals surface area contributed by atoms with E-state index in [9.17, 15) is 18.0 Å². The number of hydrogen-bond acceptors (Lipinski definition) is 4. The summed E-state index contributed by atoms with van der Waals surface area (Å²) in [7, 11) is -3.67. The van der Waals surface area contributed by atoms with Crippen molar-refractivity contribution in [3.63, 3.8) is 0 Å². The Morgan fingerprint density at radius 2 is 1.76 bits per heavy atom. The Morgan fingerprint density at radius 1 is 1.16 bits per heavy atom. The number of amides is 1. The number of nitrogens with one attached hydrogen (secondary N) is 1. The molecule has 1 aliphatic heterocycles. The summed E-state index contributed by atoms with van der Waals surface area (Å²) < 4.78 is 27.2. The first kappa shape index (κ1) is 19.4. The third-order valence-corrected chi connectivity index (χ3v) is 6.38. The van der Waals surface area contributed by atoms with Crippen LogP contribution in [0.1, 0.15) is 49.0 Å². The molecule has 1 aromatic rings. The van der Waals surface area contributed by atoms with Crippen molar-refractivity contribution in [3.8, 4) is 0 Å². The molecule has 0 saturated carbocycles. The summed E-state index contributed by atoms with van der Waals surface area (Å²) in [6, 6.07) is 4.39. The Labute approximate surface area is 148 Å². The van der Waals surface area contributed by atoms with Crippen LogP contribution in [0.25, 0.3) is 0 Å². The quantitative estimate of drug-likeness (QED) is 0.824. The van der Waals surface area contributed by atoms with Gasteiger partial charge in [0.1, 0.15) is 5.54 Å². The Kier molecular flexibility index (Phi) is 5.53. The second kappa shape index (κ2) is 7.13. The summed E-state index contributed by atoms with van der Waals surface area (Å²) in [4.78, 5) is 23.6. The first-order valence-corrected chi connectivity index (χ1v) is 9.66. The van der Waals surface area contributed by atoms with Gasteiger partial charge in [-0.3, -0.25) is 4.79 Å². The van der Waals surface area contributed by atoms with E-state index in [0.29, 0.717) is 18.7 Å². The number of hydrogen-bond donors (Lipinski definition) is 2. The van der Waals surface area contributed by atoms with E-state index in [1.54, 1.807) is 13.0 Å². The molecular weight excluding hydrogens is 344 g/mol. The van der Waals surface area contributed by atoms with Crippen molar-refractivity contribution in [2.45, 2.75) is 50.5 Å². The van der Waals surface area contributed by atoms with Crippen molar-refractivity contribution in [2.24, 2.45) is 0 Å². The number of carbonyl (C=O) groups is 2. The minimum absolute atomic E-state index is 0.0928. The molecular formula is C17H24N2O5S. The van der Waals surface area contributed by atoms with Crippen molar-refractivity contribution in [3.05, 3.63) is 29.3 Å². The lowest BCUT2D eigenvalue weighted by atomic mass is 10.0.